The number of hydrogen-bond acceptors (Lipinski definition) is 7. The molecule has 0 bridgehead atoms. The molecule has 2 fully saturated rings. The first-order valence-corrected chi connectivity index (χ1v) is 11.4. The van der Waals surface area contributed by atoms with E-state index in [1.54, 1.807) is 23.6 Å². The molecule has 0 radical (unpaired) electrons. The highest BCUT2D eigenvalue weighted by Crippen LogP contribution is 2.34. The summed E-state index contributed by atoms with van der Waals surface area (Å²) in [6.07, 6.45) is -6.88. The zero-order chi connectivity index (χ0) is 27.8. The Hall–Kier alpha value is -2.98. The van der Waals surface area contributed by atoms with Gasteiger partial charge in [-0.2, -0.15) is 37.7 Å². The molecule has 8 nitrogen and oxygen atoms in total. The van der Waals surface area contributed by atoms with Crippen LogP contribution in [0.3, 0.4) is 0 Å². The minimum Gasteiger partial charge on any atom is -0.475 e. The van der Waals surface area contributed by atoms with Gasteiger partial charge in [-0.1, -0.05) is 0 Å². The van der Waals surface area contributed by atoms with Crippen molar-refractivity contribution in [2.24, 2.45) is 0 Å². The Kier molecular flexibility index (Phi) is 10.6. The van der Waals surface area contributed by atoms with Crippen molar-refractivity contribution in [3.8, 4) is 5.88 Å². The summed E-state index contributed by atoms with van der Waals surface area (Å²) in [6, 6.07) is 5.44. The number of fused-ring (bicyclic) bond motifs is 1. The number of aromatic nitrogens is 1. The van der Waals surface area contributed by atoms with E-state index in [9.17, 15) is 30.7 Å². The van der Waals surface area contributed by atoms with Crippen LogP contribution in [0.4, 0.5) is 30.7 Å². The Labute approximate surface area is 209 Å². The van der Waals surface area contributed by atoms with Crippen LogP contribution in [0.2, 0.25) is 0 Å². The van der Waals surface area contributed by atoms with Crippen LogP contribution in [0.15, 0.2) is 35.2 Å². The fourth-order valence-corrected chi connectivity index (χ4v) is 4.19. The minimum absolute atomic E-state index is 0.0104. The van der Waals surface area contributed by atoms with Gasteiger partial charge < -0.3 is 19.7 Å². The van der Waals surface area contributed by atoms with Crippen molar-refractivity contribution in [1.82, 2.24) is 9.88 Å². The minimum atomic E-state index is -5.08. The van der Waals surface area contributed by atoms with Gasteiger partial charge in [0.05, 0.1) is 6.61 Å². The van der Waals surface area contributed by atoms with Gasteiger partial charge in [-0.3, -0.25) is 4.90 Å². The number of pyridine rings is 1. The summed E-state index contributed by atoms with van der Waals surface area (Å²) in [7, 11) is 0. The van der Waals surface area contributed by atoms with E-state index >= 15 is 0 Å². The first kappa shape index (κ1) is 30.2. The fraction of sp³-hybridized carbons (Fsp3) is 0.476. The standard InChI is InChI=1S/C17H19FN2O2S.2C2HF3O2/c18-13-2-1-6-19-17(13)22-15-4-3-14-16(15)21-8-7-20(14)10-12-5-9-23-11-12;2*3-2(4,5)1(6)7/h1-2,5-6,9,11,14-16H,3-4,7-8,10H2;2*(H,6,7)/t14-,15+,16+;;/m0../s1. The molecule has 2 aliphatic rings. The number of ether oxygens (including phenoxy) is 2. The molecule has 0 amide bonds. The highest BCUT2D eigenvalue weighted by Gasteiger charge is 2.44. The monoisotopic (exact) mass is 562 g/mol. The van der Waals surface area contributed by atoms with Gasteiger partial charge in [-0.25, -0.2) is 19.0 Å². The lowest BCUT2D eigenvalue weighted by Crippen LogP contribution is -2.51. The molecule has 2 aromatic heterocycles. The van der Waals surface area contributed by atoms with Gasteiger partial charge in [0.15, 0.2) is 5.82 Å². The number of rotatable bonds is 4. The molecule has 206 valence electrons. The van der Waals surface area contributed by atoms with E-state index in [1.165, 1.54) is 11.6 Å². The topological polar surface area (TPSA) is 109 Å². The van der Waals surface area contributed by atoms with Crippen molar-refractivity contribution in [3.05, 3.63) is 46.5 Å². The largest absolute Gasteiger partial charge is 0.490 e. The van der Waals surface area contributed by atoms with E-state index in [2.05, 4.69) is 26.7 Å². The van der Waals surface area contributed by atoms with E-state index in [4.69, 9.17) is 29.3 Å². The molecule has 37 heavy (non-hydrogen) atoms. The van der Waals surface area contributed by atoms with E-state index in [1.807, 2.05) is 0 Å². The molecular formula is C21H21F7N2O6S. The maximum Gasteiger partial charge on any atom is 0.490 e. The van der Waals surface area contributed by atoms with Gasteiger partial charge in [-0.15, -0.1) is 0 Å². The quantitative estimate of drug-likeness (QED) is 0.530. The van der Waals surface area contributed by atoms with Gasteiger partial charge in [-0.05, 0) is 47.4 Å². The zero-order valence-electron chi connectivity index (χ0n) is 18.7. The second-order valence-electron chi connectivity index (χ2n) is 7.63. The molecular weight excluding hydrogens is 541 g/mol. The number of nitrogens with zero attached hydrogens (tertiary/aromatic N) is 2. The summed E-state index contributed by atoms with van der Waals surface area (Å²) >= 11 is 1.72. The Morgan fingerprint density at radius 3 is 2.24 bits per heavy atom. The Morgan fingerprint density at radius 1 is 1.11 bits per heavy atom. The molecule has 2 N–H and O–H groups in total. The van der Waals surface area contributed by atoms with Gasteiger partial charge in [0.2, 0.25) is 0 Å². The molecule has 0 aromatic carbocycles. The number of thiophene rings is 1. The molecule has 1 aliphatic heterocycles. The molecule has 0 spiro atoms. The van der Waals surface area contributed by atoms with Gasteiger partial charge in [0, 0.05) is 25.3 Å². The first-order valence-electron chi connectivity index (χ1n) is 10.4. The molecule has 1 aliphatic carbocycles. The lowest BCUT2D eigenvalue weighted by Gasteiger charge is -2.38. The van der Waals surface area contributed by atoms with Gasteiger partial charge in [0.25, 0.3) is 5.88 Å². The average Bonchev–Trinajstić information content (AvgIpc) is 3.46. The van der Waals surface area contributed by atoms with Crippen molar-refractivity contribution < 1.29 is 60.0 Å². The third-order valence-corrected chi connectivity index (χ3v) is 5.82. The fourth-order valence-electron chi connectivity index (χ4n) is 3.53. The Morgan fingerprint density at radius 2 is 1.73 bits per heavy atom. The van der Waals surface area contributed by atoms with Crippen molar-refractivity contribution in [2.45, 2.75) is 50.0 Å². The maximum atomic E-state index is 13.8. The highest BCUT2D eigenvalue weighted by atomic mass is 32.1. The molecule has 0 unspecified atom stereocenters. The van der Waals surface area contributed by atoms with E-state index < -0.39 is 30.1 Å². The van der Waals surface area contributed by atoms with Crippen LogP contribution in [-0.4, -0.2) is 75.8 Å². The zero-order valence-corrected chi connectivity index (χ0v) is 19.5. The SMILES string of the molecule is Fc1cccnc1O[C@@H]1CC[C@H]2[C@H]1OCCN2Cc1ccsc1.O=C(O)C(F)(F)F.O=C(O)C(F)(F)F. The number of morpholine rings is 1. The van der Waals surface area contributed by atoms with Crippen molar-refractivity contribution in [3.63, 3.8) is 0 Å². The smallest absolute Gasteiger partial charge is 0.475 e. The molecule has 1 saturated carbocycles. The Balaban J connectivity index is 0.000000286. The number of carbonyl (C=O) groups is 2. The Bertz CT molecular complexity index is 996. The third kappa shape index (κ3) is 9.44. The molecule has 4 rings (SSSR count). The maximum absolute atomic E-state index is 13.8. The van der Waals surface area contributed by atoms with Crippen molar-refractivity contribution in [1.29, 1.82) is 0 Å². The summed E-state index contributed by atoms with van der Waals surface area (Å²) in [5, 5.41) is 18.5. The summed E-state index contributed by atoms with van der Waals surface area (Å²) in [6.45, 7) is 2.57. The highest BCUT2D eigenvalue weighted by molar-refractivity contribution is 7.07. The van der Waals surface area contributed by atoms with E-state index in [0.29, 0.717) is 12.6 Å². The number of halogens is 7. The summed E-state index contributed by atoms with van der Waals surface area (Å²) in [5.74, 6) is -5.85. The predicted octanol–water partition coefficient (Wildman–Crippen LogP) is 4.36. The normalized spacial score (nSPS) is 21.5. The van der Waals surface area contributed by atoms with Crippen molar-refractivity contribution >= 4 is 23.3 Å². The van der Waals surface area contributed by atoms with Crippen LogP contribution >= 0.6 is 11.3 Å². The average molecular weight is 562 g/mol. The number of alkyl halides is 6. The second kappa shape index (κ2) is 13.0. The van der Waals surface area contributed by atoms with Crippen LogP contribution in [-0.2, 0) is 20.9 Å². The van der Waals surface area contributed by atoms with E-state index in [-0.39, 0.29) is 18.1 Å². The van der Waals surface area contributed by atoms with Crippen LogP contribution < -0.4 is 4.74 Å². The lowest BCUT2D eigenvalue weighted by atomic mass is 10.1. The first-order chi connectivity index (χ1) is 17.2. The lowest BCUT2D eigenvalue weighted by molar-refractivity contribution is -0.193. The molecule has 2 aromatic rings. The van der Waals surface area contributed by atoms with Crippen LogP contribution in [0.5, 0.6) is 5.88 Å². The third-order valence-electron chi connectivity index (χ3n) is 5.09. The molecule has 3 atom stereocenters. The van der Waals surface area contributed by atoms with E-state index in [0.717, 1.165) is 25.9 Å². The number of aliphatic carboxylic acids is 2. The van der Waals surface area contributed by atoms with Crippen LogP contribution in [0.1, 0.15) is 18.4 Å². The van der Waals surface area contributed by atoms with Crippen LogP contribution in [0, 0.1) is 5.82 Å². The van der Waals surface area contributed by atoms with Gasteiger partial charge in [0.1, 0.15) is 12.2 Å². The summed E-state index contributed by atoms with van der Waals surface area (Å²) in [4.78, 5) is 24.3. The second-order valence-corrected chi connectivity index (χ2v) is 8.41. The summed E-state index contributed by atoms with van der Waals surface area (Å²) < 4.78 is 89.0. The number of carboxylic acid groups (broad SMARTS) is 2. The molecule has 16 heteroatoms. The van der Waals surface area contributed by atoms with Crippen molar-refractivity contribution in [2.75, 3.05) is 13.2 Å². The molecule has 1 saturated heterocycles. The molecule has 3 heterocycles. The number of carboxylic acids is 2. The predicted molar refractivity (Wildman–Crippen MR) is 113 cm³/mol. The summed E-state index contributed by atoms with van der Waals surface area (Å²) in [5.41, 5.74) is 1.34. The number of hydrogen-bond donors (Lipinski definition) is 2. The van der Waals surface area contributed by atoms with Crippen LogP contribution in [0.25, 0.3) is 0 Å². The van der Waals surface area contributed by atoms with Gasteiger partial charge >= 0.3 is 24.3 Å².